The Morgan fingerprint density at radius 1 is 1.19 bits per heavy atom. The molecule has 3 rings (SSSR count). The van der Waals surface area contributed by atoms with Gasteiger partial charge >= 0.3 is 0 Å². The van der Waals surface area contributed by atoms with Gasteiger partial charge in [-0.3, -0.25) is 4.40 Å². The van der Waals surface area contributed by atoms with Gasteiger partial charge in [-0.1, -0.05) is 34.8 Å². The van der Waals surface area contributed by atoms with Crippen molar-refractivity contribution in [2.45, 2.75) is 24.4 Å². The molecule has 0 amide bonds. The summed E-state index contributed by atoms with van der Waals surface area (Å²) in [6.45, 7) is -0.421. The van der Waals surface area contributed by atoms with Crippen LogP contribution in [0.4, 0.5) is 0 Å². The third-order valence-electron chi connectivity index (χ3n) is 3.47. The summed E-state index contributed by atoms with van der Waals surface area (Å²) in [6, 6.07) is 1.53. The van der Waals surface area contributed by atoms with E-state index in [9.17, 15) is 10.2 Å². The van der Waals surface area contributed by atoms with Crippen LogP contribution in [-0.2, 0) is 4.74 Å². The predicted octanol–water partition coefficient (Wildman–Crippen LogP) is 1.45. The van der Waals surface area contributed by atoms with E-state index in [4.69, 9.17) is 44.6 Å². The lowest BCUT2D eigenvalue weighted by molar-refractivity contribution is -0.0241. The first kappa shape index (κ1) is 15.3. The Balaban J connectivity index is 2.12. The zero-order chi connectivity index (χ0) is 15.3. The van der Waals surface area contributed by atoms with Crippen LogP contribution >= 0.6 is 34.8 Å². The van der Waals surface area contributed by atoms with Gasteiger partial charge in [0, 0.05) is 12.3 Å². The average Bonchev–Trinajstić information content (AvgIpc) is 2.89. The van der Waals surface area contributed by atoms with E-state index >= 15 is 0 Å². The molecule has 1 fully saturated rings. The molecule has 2 aromatic rings. The van der Waals surface area contributed by atoms with E-state index in [1.54, 1.807) is 0 Å². The number of fused-ring (bicyclic) bond motifs is 1. The first-order chi connectivity index (χ1) is 9.93. The molecule has 21 heavy (non-hydrogen) atoms. The molecule has 2 aromatic heterocycles. The molecule has 0 aromatic carbocycles. The highest BCUT2D eigenvalue weighted by atomic mass is 35.5. The Hall–Kier alpha value is -0.600. The fraction of sp³-hybridized carbons (Fsp3) is 0.417. The van der Waals surface area contributed by atoms with E-state index in [0.717, 1.165) is 0 Å². The van der Waals surface area contributed by atoms with Crippen molar-refractivity contribution in [3.8, 4) is 0 Å². The average molecular weight is 354 g/mol. The number of ether oxygens (including phenoxy) is 1. The molecule has 3 N–H and O–H groups in total. The molecule has 0 radical (unpaired) electrons. The minimum absolute atomic E-state index is 0.100. The van der Waals surface area contributed by atoms with Crippen LogP contribution in [-0.4, -0.2) is 49.6 Å². The molecule has 6 nitrogen and oxygen atoms in total. The molecular formula is C12H11Cl3N2O4. The van der Waals surface area contributed by atoms with Gasteiger partial charge < -0.3 is 20.1 Å². The van der Waals surface area contributed by atoms with E-state index in [0.29, 0.717) is 16.4 Å². The van der Waals surface area contributed by atoms with E-state index in [1.807, 2.05) is 0 Å². The van der Waals surface area contributed by atoms with Gasteiger partial charge in [-0.2, -0.15) is 0 Å². The topological polar surface area (TPSA) is 87.2 Å². The number of aromatic nitrogens is 2. The van der Waals surface area contributed by atoms with E-state index in [-0.39, 0.29) is 10.2 Å². The molecular weight excluding hydrogens is 343 g/mol. The summed E-state index contributed by atoms with van der Waals surface area (Å²) in [7, 11) is 0. The molecule has 0 spiro atoms. The summed E-state index contributed by atoms with van der Waals surface area (Å²) in [5.74, 6) is 0. The van der Waals surface area contributed by atoms with Crippen LogP contribution in [0.2, 0.25) is 15.2 Å². The largest absolute Gasteiger partial charge is 0.394 e. The number of hydrogen-bond acceptors (Lipinski definition) is 5. The van der Waals surface area contributed by atoms with Crippen molar-refractivity contribution in [1.82, 2.24) is 9.38 Å². The van der Waals surface area contributed by atoms with Crippen LogP contribution in [0.15, 0.2) is 12.3 Å². The second-order valence-corrected chi connectivity index (χ2v) is 5.92. The fourth-order valence-corrected chi connectivity index (χ4v) is 2.99. The molecule has 9 heteroatoms. The quantitative estimate of drug-likeness (QED) is 0.761. The maximum atomic E-state index is 10.1. The Labute approximate surface area is 134 Å². The highest BCUT2D eigenvalue weighted by Gasteiger charge is 2.45. The zero-order valence-corrected chi connectivity index (χ0v) is 12.7. The Bertz CT molecular complexity index is 693. The molecule has 1 aliphatic heterocycles. The van der Waals surface area contributed by atoms with Gasteiger partial charge in [0.1, 0.15) is 30.1 Å². The molecule has 0 bridgehead atoms. The smallest absolute Gasteiger partial charge is 0.154 e. The van der Waals surface area contributed by atoms with E-state index < -0.39 is 31.0 Å². The highest BCUT2D eigenvalue weighted by molar-refractivity contribution is 6.42. The summed E-state index contributed by atoms with van der Waals surface area (Å²) in [5, 5.41) is 29.8. The van der Waals surface area contributed by atoms with Gasteiger partial charge in [0.15, 0.2) is 5.15 Å². The van der Waals surface area contributed by atoms with Gasteiger partial charge in [0.05, 0.1) is 22.3 Å². The van der Waals surface area contributed by atoms with E-state index in [2.05, 4.69) is 4.98 Å². The van der Waals surface area contributed by atoms with Gasteiger partial charge in [0.2, 0.25) is 0 Å². The number of hydrogen-bond donors (Lipinski definition) is 3. The Morgan fingerprint density at radius 2 is 1.90 bits per heavy atom. The number of aliphatic hydroxyl groups is 3. The normalized spacial score (nSPS) is 29.4. The predicted molar refractivity (Wildman–Crippen MR) is 76.9 cm³/mol. The van der Waals surface area contributed by atoms with Crippen molar-refractivity contribution < 1.29 is 20.1 Å². The third kappa shape index (κ3) is 2.41. The fourth-order valence-electron chi connectivity index (χ4n) is 2.41. The summed E-state index contributed by atoms with van der Waals surface area (Å²) >= 11 is 18.0. The maximum absolute atomic E-state index is 10.1. The summed E-state index contributed by atoms with van der Waals surface area (Å²) < 4.78 is 7.01. The number of aliphatic hydroxyl groups excluding tert-OH is 3. The summed E-state index contributed by atoms with van der Waals surface area (Å²) in [6.07, 6.45) is -2.79. The summed E-state index contributed by atoms with van der Waals surface area (Å²) in [4.78, 5) is 4.12. The molecule has 114 valence electrons. The number of halogens is 3. The van der Waals surface area contributed by atoms with E-state index in [1.165, 1.54) is 16.7 Å². The highest BCUT2D eigenvalue weighted by Crippen LogP contribution is 2.38. The minimum atomic E-state index is -1.24. The van der Waals surface area contributed by atoms with Crippen LogP contribution in [0.25, 0.3) is 5.65 Å². The van der Waals surface area contributed by atoms with Crippen LogP contribution in [0.3, 0.4) is 0 Å². The first-order valence-electron chi connectivity index (χ1n) is 6.09. The van der Waals surface area contributed by atoms with Gasteiger partial charge in [-0.05, 0) is 0 Å². The van der Waals surface area contributed by atoms with Gasteiger partial charge in [-0.15, -0.1) is 0 Å². The second-order valence-electron chi connectivity index (χ2n) is 4.74. The van der Waals surface area contributed by atoms with Crippen LogP contribution in [0.1, 0.15) is 11.8 Å². The number of pyridine rings is 1. The van der Waals surface area contributed by atoms with Gasteiger partial charge in [0.25, 0.3) is 0 Å². The van der Waals surface area contributed by atoms with Crippen molar-refractivity contribution in [3.05, 3.63) is 33.2 Å². The van der Waals surface area contributed by atoms with Crippen molar-refractivity contribution in [2.75, 3.05) is 6.61 Å². The lowest BCUT2D eigenvalue weighted by Crippen LogP contribution is -2.32. The standard InChI is InChI=1S/C12H11Cl3N2O4/c13-4-1-7-16-12(15)8(17(7)2-5(4)14)11-10(20)9(19)6(3-18)21-11/h1-2,6,9-11,18-20H,3H2/t6-,9+,10+,11?/m1/s1. The Morgan fingerprint density at radius 3 is 2.52 bits per heavy atom. The zero-order valence-electron chi connectivity index (χ0n) is 10.4. The molecule has 1 aliphatic rings. The molecule has 0 aliphatic carbocycles. The number of nitrogens with zero attached hydrogens (tertiary/aromatic N) is 2. The first-order valence-corrected chi connectivity index (χ1v) is 7.22. The van der Waals surface area contributed by atoms with Crippen molar-refractivity contribution in [3.63, 3.8) is 0 Å². The third-order valence-corrected chi connectivity index (χ3v) is 4.46. The lowest BCUT2D eigenvalue weighted by Gasteiger charge is -2.15. The SMILES string of the molecule is OC[C@H]1OC(c2c(Cl)nc3cc(Cl)c(Cl)cn23)[C@@H](O)[C@H]1O. The van der Waals surface area contributed by atoms with Crippen LogP contribution in [0.5, 0.6) is 0 Å². The Kier molecular flexibility index (Phi) is 4.04. The minimum Gasteiger partial charge on any atom is -0.394 e. The molecule has 0 saturated carbocycles. The number of imidazole rings is 1. The van der Waals surface area contributed by atoms with Crippen LogP contribution < -0.4 is 0 Å². The summed E-state index contributed by atoms with van der Waals surface area (Å²) in [5.41, 5.74) is 0.773. The second kappa shape index (κ2) is 5.55. The lowest BCUT2D eigenvalue weighted by atomic mass is 10.1. The van der Waals surface area contributed by atoms with Crippen LogP contribution in [0, 0.1) is 0 Å². The number of rotatable bonds is 2. The molecule has 1 unspecified atom stereocenters. The van der Waals surface area contributed by atoms with Gasteiger partial charge in [-0.25, -0.2) is 4.98 Å². The van der Waals surface area contributed by atoms with Crippen molar-refractivity contribution in [2.24, 2.45) is 0 Å². The maximum Gasteiger partial charge on any atom is 0.154 e. The van der Waals surface area contributed by atoms with Crippen molar-refractivity contribution >= 4 is 40.4 Å². The molecule has 1 saturated heterocycles. The molecule has 3 heterocycles. The van der Waals surface area contributed by atoms with Crippen molar-refractivity contribution in [1.29, 1.82) is 0 Å². The molecule has 4 atom stereocenters. The monoisotopic (exact) mass is 352 g/mol.